The molecule has 2 N–H and O–H groups in total. The summed E-state index contributed by atoms with van der Waals surface area (Å²) < 4.78 is 18.8. The van der Waals surface area contributed by atoms with E-state index in [1.807, 2.05) is 25.1 Å². The Labute approximate surface area is 128 Å². The number of hydrogen-bond donors (Lipinski definition) is 2. The van der Waals surface area contributed by atoms with Crippen molar-refractivity contribution < 1.29 is 19.0 Å². The quantitative estimate of drug-likeness (QED) is 0.892. The van der Waals surface area contributed by atoms with Crippen molar-refractivity contribution in [3.63, 3.8) is 0 Å². The van der Waals surface area contributed by atoms with Crippen molar-refractivity contribution in [1.82, 2.24) is 5.32 Å². The Morgan fingerprint density at radius 2 is 2.00 bits per heavy atom. The molecule has 0 spiro atoms. The second-order valence-electron chi connectivity index (χ2n) is 4.90. The number of hydrogen-bond acceptors (Lipinski definition) is 3. The average Bonchev–Trinajstić information content (AvgIpc) is 2.53. The molecule has 0 bridgehead atoms. The Morgan fingerprint density at radius 1 is 1.27 bits per heavy atom. The van der Waals surface area contributed by atoms with Gasteiger partial charge >= 0.3 is 0 Å². The molecule has 116 valence electrons. The van der Waals surface area contributed by atoms with Crippen molar-refractivity contribution >= 4 is 5.91 Å². The number of amides is 1. The average molecular weight is 303 g/mol. The van der Waals surface area contributed by atoms with Crippen molar-refractivity contribution in [2.45, 2.75) is 13.0 Å². The second-order valence-corrected chi connectivity index (χ2v) is 4.90. The van der Waals surface area contributed by atoms with Gasteiger partial charge in [-0.1, -0.05) is 30.3 Å². The number of methoxy groups -OCH3 is 1. The molecular weight excluding hydrogens is 285 g/mol. The predicted molar refractivity (Wildman–Crippen MR) is 81.4 cm³/mol. The Kier molecular flexibility index (Phi) is 5.12. The van der Waals surface area contributed by atoms with E-state index in [0.29, 0.717) is 0 Å². The molecule has 2 aromatic rings. The highest BCUT2D eigenvalue weighted by Crippen LogP contribution is 2.20. The van der Waals surface area contributed by atoms with E-state index in [9.17, 15) is 14.3 Å². The summed E-state index contributed by atoms with van der Waals surface area (Å²) in [7, 11) is 1.34. The minimum Gasteiger partial charge on any atom is -0.494 e. The number of benzene rings is 2. The molecule has 0 aromatic heterocycles. The van der Waals surface area contributed by atoms with Crippen molar-refractivity contribution in [2.75, 3.05) is 13.7 Å². The summed E-state index contributed by atoms with van der Waals surface area (Å²) >= 11 is 0. The fourth-order valence-electron chi connectivity index (χ4n) is 2.20. The molecule has 1 atom stereocenters. The van der Waals surface area contributed by atoms with E-state index >= 15 is 0 Å². The molecule has 1 unspecified atom stereocenters. The number of aliphatic hydroxyl groups excluding tert-OH is 1. The van der Waals surface area contributed by atoms with Crippen LogP contribution in [0.4, 0.5) is 4.39 Å². The zero-order chi connectivity index (χ0) is 16.1. The van der Waals surface area contributed by atoms with Gasteiger partial charge < -0.3 is 15.2 Å². The van der Waals surface area contributed by atoms with Gasteiger partial charge in [-0.3, -0.25) is 4.79 Å². The van der Waals surface area contributed by atoms with Gasteiger partial charge in [0, 0.05) is 6.54 Å². The number of carbonyl (C=O) groups excluding carboxylic acids is 1. The predicted octanol–water partition coefficient (Wildman–Crippen LogP) is 2.61. The minimum atomic E-state index is -0.848. The first kappa shape index (κ1) is 16.0. The van der Waals surface area contributed by atoms with Crippen LogP contribution in [0.1, 0.15) is 27.6 Å². The monoisotopic (exact) mass is 303 g/mol. The third kappa shape index (κ3) is 3.43. The highest BCUT2D eigenvalue weighted by Gasteiger charge is 2.17. The first-order valence-electron chi connectivity index (χ1n) is 6.89. The van der Waals surface area contributed by atoms with E-state index in [2.05, 4.69) is 5.32 Å². The zero-order valence-electron chi connectivity index (χ0n) is 12.5. The highest BCUT2D eigenvalue weighted by atomic mass is 19.1. The number of rotatable bonds is 5. The van der Waals surface area contributed by atoms with Crippen LogP contribution in [0.5, 0.6) is 5.75 Å². The Hall–Kier alpha value is -2.40. The summed E-state index contributed by atoms with van der Waals surface area (Å²) in [6.07, 6.45) is -0.848. The van der Waals surface area contributed by atoms with Gasteiger partial charge in [0.2, 0.25) is 0 Å². The van der Waals surface area contributed by atoms with Crippen LogP contribution in [-0.2, 0) is 0 Å². The first-order chi connectivity index (χ1) is 10.5. The van der Waals surface area contributed by atoms with Crippen molar-refractivity contribution in [3.8, 4) is 5.75 Å². The summed E-state index contributed by atoms with van der Waals surface area (Å²) in [5.74, 6) is -1.30. The third-order valence-corrected chi connectivity index (χ3v) is 3.43. The number of nitrogens with one attached hydrogen (secondary N) is 1. The van der Waals surface area contributed by atoms with Gasteiger partial charge in [0.1, 0.15) is 0 Å². The molecule has 0 fully saturated rings. The lowest BCUT2D eigenvalue weighted by Crippen LogP contribution is -2.29. The maximum absolute atomic E-state index is 14.0. The maximum atomic E-state index is 14.0. The smallest absolute Gasteiger partial charge is 0.254 e. The Balaban J connectivity index is 2.06. The van der Waals surface area contributed by atoms with Gasteiger partial charge in [-0.25, -0.2) is 4.39 Å². The fraction of sp³-hybridized carbons (Fsp3) is 0.235. The van der Waals surface area contributed by atoms with Gasteiger partial charge in [0.05, 0.1) is 18.8 Å². The summed E-state index contributed by atoms with van der Waals surface area (Å²) in [5, 5.41) is 12.7. The molecule has 0 aliphatic rings. The lowest BCUT2D eigenvalue weighted by Gasteiger charge is -2.15. The molecular formula is C17H18FNO3. The van der Waals surface area contributed by atoms with Crippen LogP contribution < -0.4 is 10.1 Å². The van der Waals surface area contributed by atoms with Crippen LogP contribution in [-0.4, -0.2) is 24.7 Å². The van der Waals surface area contributed by atoms with Crippen molar-refractivity contribution in [3.05, 3.63) is 65.0 Å². The van der Waals surface area contributed by atoms with Crippen LogP contribution in [0.2, 0.25) is 0 Å². The van der Waals surface area contributed by atoms with Gasteiger partial charge in [-0.15, -0.1) is 0 Å². The molecule has 0 radical (unpaired) electrons. The number of halogens is 1. The SMILES string of the molecule is COc1cccc(C(=O)NCC(O)c2ccccc2C)c1F. The molecule has 1 amide bonds. The molecule has 0 aliphatic heterocycles. The van der Waals surface area contributed by atoms with E-state index in [-0.39, 0.29) is 17.9 Å². The zero-order valence-corrected chi connectivity index (χ0v) is 12.5. The van der Waals surface area contributed by atoms with E-state index in [1.54, 1.807) is 6.07 Å². The highest BCUT2D eigenvalue weighted by molar-refractivity contribution is 5.94. The molecule has 22 heavy (non-hydrogen) atoms. The maximum Gasteiger partial charge on any atom is 0.254 e. The van der Waals surface area contributed by atoms with Crippen LogP contribution in [0, 0.1) is 12.7 Å². The topological polar surface area (TPSA) is 58.6 Å². The summed E-state index contributed by atoms with van der Waals surface area (Å²) in [4.78, 5) is 12.0. The summed E-state index contributed by atoms with van der Waals surface area (Å²) in [6.45, 7) is 1.88. The first-order valence-corrected chi connectivity index (χ1v) is 6.89. The largest absolute Gasteiger partial charge is 0.494 e. The van der Waals surface area contributed by atoms with Gasteiger partial charge in [-0.2, -0.15) is 0 Å². The van der Waals surface area contributed by atoms with Crippen molar-refractivity contribution in [1.29, 1.82) is 0 Å². The molecule has 0 heterocycles. The second kappa shape index (κ2) is 7.04. The molecule has 0 saturated heterocycles. The molecule has 5 heteroatoms. The molecule has 4 nitrogen and oxygen atoms in total. The normalized spacial score (nSPS) is 11.8. The molecule has 0 saturated carbocycles. The van der Waals surface area contributed by atoms with E-state index < -0.39 is 17.8 Å². The summed E-state index contributed by atoms with van der Waals surface area (Å²) in [5.41, 5.74) is 1.54. The number of aliphatic hydroxyl groups is 1. The summed E-state index contributed by atoms with van der Waals surface area (Å²) in [6, 6.07) is 11.7. The third-order valence-electron chi connectivity index (χ3n) is 3.43. The molecule has 0 aliphatic carbocycles. The van der Waals surface area contributed by atoms with E-state index in [4.69, 9.17) is 4.74 Å². The van der Waals surface area contributed by atoms with Crippen LogP contribution in [0.3, 0.4) is 0 Å². The minimum absolute atomic E-state index is 0.000334. The van der Waals surface area contributed by atoms with Gasteiger partial charge in [0.25, 0.3) is 5.91 Å². The van der Waals surface area contributed by atoms with Gasteiger partial charge in [-0.05, 0) is 30.2 Å². The lowest BCUT2D eigenvalue weighted by molar-refractivity contribution is 0.0911. The number of ether oxygens (including phenoxy) is 1. The Morgan fingerprint density at radius 3 is 2.68 bits per heavy atom. The number of carbonyl (C=O) groups is 1. The van der Waals surface area contributed by atoms with E-state index in [1.165, 1.54) is 25.3 Å². The Bertz CT molecular complexity index is 673. The van der Waals surface area contributed by atoms with Crippen LogP contribution in [0.15, 0.2) is 42.5 Å². The standard InChI is InChI=1S/C17H18FNO3/c1-11-6-3-4-7-12(11)14(20)10-19-17(21)13-8-5-9-15(22-2)16(13)18/h3-9,14,20H,10H2,1-2H3,(H,19,21). The molecule has 2 rings (SSSR count). The van der Waals surface area contributed by atoms with Crippen molar-refractivity contribution in [2.24, 2.45) is 0 Å². The number of aryl methyl sites for hydroxylation is 1. The van der Waals surface area contributed by atoms with E-state index in [0.717, 1.165) is 11.1 Å². The lowest BCUT2D eigenvalue weighted by atomic mass is 10.0. The fourth-order valence-corrected chi connectivity index (χ4v) is 2.20. The van der Waals surface area contributed by atoms with Crippen LogP contribution >= 0.6 is 0 Å². The molecule has 2 aromatic carbocycles. The van der Waals surface area contributed by atoms with Gasteiger partial charge in [0.15, 0.2) is 11.6 Å². The van der Waals surface area contributed by atoms with Crippen LogP contribution in [0.25, 0.3) is 0 Å².